The molecule has 0 bridgehead atoms. The second-order valence-corrected chi connectivity index (χ2v) is 6.42. The van der Waals surface area contributed by atoms with E-state index in [1.807, 2.05) is 18.2 Å². The first-order chi connectivity index (χ1) is 11.6. The van der Waals surface area contributed by atoms with Gasteiger partial charge in [0, 0.05) is 23.8 Å². The van der Waals surface area contributed by atoms with Gasteiger partial charge in [-0.3, -0.25) is 4.79 Å². The lowest BCUT2D eigenvalue weighted by Crippen LogP contribution is -2.40. The van der Waals surface area contributed by atoms with Crippen molar-refractivity contribution in [1.82, 2.24) is 10.3 Å². The van der Waals surface area contributed by atoms with E-state index in [-0.39, 0.29) is 29.4 Å². The lowest BCUT2D eigenvalue weighted by atomic mass is 9.91. The van der Waals surface area contributed by atoms with Crippen molar-refractivity contribution >= 4 is 35.7 Å². The Labute approximate surface area is 157 Å². The number of amides is 1. The number of carbonyl (C=O) groups excluding carboxylic acids is 1. The Morgan fingerprint density at radius 2 is 1.84 bits per heavy atom. The van der Waals surface area contributed by atoms with Crippen LogP contribution in [0.3, 0.4) is 0 Å². The van der Waals surface area contributed by atoms with Gasteiger partial charge >= 0.3 is 0 Å². The van der Waals surface area contributed by atoms with Gasteiger partial charge in [-0.2, -0.15) is 0 Å². The quantitative estimate of drug-likeness (QED) is 0.819. The fourth-order valence-electron chi connectivity index (χ4n) is 2.95. The molecule has 0 saturated heterocycles. The Hall–Kier alpha value is -1.85. The third kappa shape index (κ3) is 5.31. The summed E-state index contributed by atoms with van der Waals surface area (Å²) < 4.78 is 13.2. The molecule has 1 aliphatic rings. The van der Waals surface area contributed by atoms with Crippen molar-refractivity contribution in [3.63, 3.8) is 0 Å². The molecule has 1 aromatic carbocycles. The van der Waals surface area contributed by atoms with E-state index in [4.69, 9.17) is 11.6 Å². The maximum absolute atomic E-state index is 13.2. The first-order valence-corrected chi connectivity index (χ1v) is 8.43. The largest absolute Gasteiger partial charge is 0.367 e. The van der Waals surface area contributed by atoms with Crippen LogP contribution in [0.2, 0.25) is 5.02 Å². The summed E-state index contributed by atoms with van der Waals surface area (Å²) in [5, 5.41) is 6.38. The molecule has 1 saturated carbocycles. The summed E-state index contributed by atoms with van der Waals surface area (Å²) >= 11 is 5.73. The predicted molar refractivity (Wildman–Crippen MR) is 100 cm³/mol. The average molecular weight is 384 g/mol. The van der Waals surface area contributed by atoms with Crippen LogP contribution in [-0.4, -0.2) is 23.0 Å². The molecule has 1 heterocycles. The van der Waals surface area contributed by atoms with Gasteiger partial charge in [0.25, 0.3) is 5.91 Å². The van der Waals surface area contributed by atoms with Crippen LogP contribution in [0.4, 0.5) is 10.2 Å². The minimum atomic E-state index is -0.519. The van der Waals surface area contributed by atoms with E-state index in [2.05, 4.69) is 15.6 Å². The summed E-state index contributed by atoms with van der Waals surface area (Å²) in [6, 6.07) is 10.3. The summed E-state index contributed by atoms with van der Waals surface area (Å²) in [7, 11) is 0. The van der Waals surface area contributed by atoms with Crippen LogP contribution >= 0.6 is 24.0 Å². The molecule has 1 aliphatic carbocycles. The lowest BCUT2D eigenvalue weighted by molar-refractivity contribution is 0.0926. The highest BCUT2D eigenvalue weighted by atomic mass is 35.5. The number of carbonyl (C=O) groups is 1. The first-order valence-electron chi connectivity index (χ1n) is 8.05. The Morgan fingerprint density at radius 3 is 2.48 bits per heavy atom. The van der Waals surface area contributed by atoms with Crippen LogP contribution in [0.15, 0.2) is 42.6 Å². The number of nitrogens with zero attached hydrogens (tertiary/aromatic N) is 1. The molecule has 134 valence electrons. The van der Waals surface area contributed by atoms with E-state index in [0.717, 1.165) is 31.5 Å². The van der Waals surface area contributed by atoms with Crippen molar-refractivity contribution in [2.24, 2.45) is 0 Å². The number of halogens is 3. The molecular weight excluding hydrogens is 364 g/mol. The van der Waals surface area contributed by atoms with Crippen LogP contribution in [-0.2, 0) is 0 Å². The second kappa shape index (κ2) is 9.02. The average Bonchev–Trinajstić information content (AvgIpc) is 2.60. The zero-order valence-electron chi connectivity index (χ0n) is 13.5. The fourth-order valence-corrected chi connectivity index (χ4v) is 3.13. The Morgan fingerprint density at radius 1 is 1.12 bits per heavy atom. The molecule has 3 rings (SSSR count). The van der Waals surface area contributed by atoms with Gasteiger partial charge in [-0.25, -0.2) is 9.37 Å². The fraction of sp³-hybridized carbons (Fsp3) is 0.333. The molecule has 7 heteroatoms. The number of anilines is 1. The summed E-state index contributed by atoms with van der Waals surface area (Å²) in [5.74, 6) is 0.151. The summed E-state index contributed by atoms with van der Waals surface area (Å²) in [6.07, 6.45) is 5.48. The molecule has 1 amide bonds. The third-order valence-corrected chi connectivity index (χ3v) is 4.55. The van der Waals surface area contributed by atoms with Gasteiger partial charge in [-0.05, 0) is 56.0 Å². The first kappa shape index (κ1) is 19.5. The van der Waals surface area contributed by atoms with E-state index >= 15 is 0 Å². The van der Waals surface area contributed by atoms with Crippen LogP contribution in [0.5, 0.6) is 0 Å². The molecule has 4 nitrogen and oxygen atoms in total. The van der Waals surface area contributed by atoms with E-state index in [1.165, 1.54) is 18.2 Å². The summed E-state index contributed by atoms with van der Waals surface area (Å²) in [6.45, 7) is 0. The highest BCUT2D eigenvalue weighted by Crippen LogP contribution is 2.22. The third-order valence-electron chi connectivity index (χ3n) is 4.26. The highest BCUT2D eigenvalue weighted by molar-refractivity contribution is 6.31. The zero-order chi connectivity index (χ0) is 16.9. The second-order valence-electron chi connectivity index (χ2n) is 6.01. The molecular formula is C18H20Cl2FN3O. The van der Waals surface area contributed by atoms with Crippen molar-refractivity contribution in [2.75, 3.05) is 5.32 Å². The van der Waals surface area contributed by atoms with Crippen molar-refractivity contribution in [3.05, 3.63) is 59.0 Å². The number of rotatable bonds is 4. The van der Waals surface area contributed by atoms with E-state index in [1.54, 1.807) is 6.20 Å². The standard InChI is InChI=1S/C18H19ClFN3O.ClH/c19-15-11-12(4-9-16(15)20)18(24)23-14-7-5-13(6-8-14)22-17-3-1-2-10-21-17;/h1-4,9-11,13-14H,5-8H2,(H,21,22)(H,23,24);1H/t13-,14+;. The number of benzene rings is 1. The van der Waals surface area contributed by atoms with Crippen LogP contribution in [0, 0.1) is 5.82 Å². The summed E-state index contributed by atoms with van der Waals surface area (Å²) in [5.41, 5.74) is 0.384. The van der Waals surface area contributed by atoms with Gasteiger partial charge in [-0.15, -0.1) is 12.4 Å². The number of aromatic nitrogens is 1. The molecule has 0 aliphatic heterocycles. The maximum Gasteiger partial charge on any atom is 0.251 e. The van der Waals surface area contributed by atoms with E-state index in [0.29, 0.717) is 11.6 Å². The SMILES string of the molecule is Cl.O=C(N[C@H]1CC[C@@H](Nc2ccccn2)CC1)c1ccc(F)c(Cl)c1. The van der Waals surface area contributed by atoms with E-state index in [9.17, 15) is 9.18 Å². The Kier molecular flexibility index (Phi) is 7.02. The minimum absolute atomic E-state index is 0. The molecule has 1 fully saturated rings. The Bertz CT molecular complexity index is 707. The molecule has 0 unspecified atom stereocenters. The molecule has 2 N–H and O–H groups in total. The van der Waals surface area contributed by atoms with Gasteiger partial charge in [0.15, 0.2) is 0 Å². The summed E-state index contributed by atoms with van der Waals surface area (Å²) in [4.78, 5) is 16.5. The number of pyridine rings is 1. The monoisotopic (exact) mass is 383 g/mol. The van der Waals surface area contributed by atoms with Crippen molar-refractivity contribution in [3.8, 4) is 0 Å². The predicted octanol–water partition coefficient (Wildman–Crippen LogP) is 4.45. The number of nitrogens with one attached hydrogen (secondary N) is 2. The lowest BCUT2D eigenvalue weighted by Gasteiger charge is -2.30. The van der Waals surface area contributed by atoms with Gasteiger partial charge in [-0.1, -0.05) is 17.7 Å². The molecule has 0 spiro atoms. The van der Waals surface area contributed by atoms with Gasteiger partial charge in [0.2, 0.25) is 0 Å². The molecule has 0 atom stereocenters. The van der Waals surface area contributed by atoms with Gasteiger partial charge in [0.1, 0.15) is 11.6 Å². The molecule has 2 aromatic rings. The van der Waals surface area contributed by atoms with Crippen LogP contribution in [0.25, 0.3) is 0 Å². The number of hydrogen-bond donors (Lipinski definition) is 2. The minimum Gasteiger partial charge on any atom is -0.367 e. The van der Waals surface area contributed by atoms with Gasteiger partial charge < -0.3 is 10.6 Å². The number of hydrogen-bond acceptors (Lipinski definition) is 3. The zero-order valence-corrected chi connectivity index (χ0v) is 15.1. The van der Waals surface area contributed by atoms with Gasteiger partial charge in [0.05, 0.1) is 5.02 Å². The molecule has 0 radical (unpaired) electrons. The molecule has 25 heavy (non-hydrogen) atoms. The van der Waals surface area contributed by atoms with Crippen LogP contribution in [0.1, 0.15) is 36.0 Å². The van der Waals surface area contributed by atoms with Crippen molar-refractivity contribution in [2.45, 2.75) is 37.8 Å². The smallest absolute Gasteiger partial charge is 0.251 e. The Balaban J connectivity index is 0.00000225. The topological polar surface area (TPSA) is 54.0 Å². The highest BCUT2D eigenvalue weighted by Gasteiger charge is 2.23. The normalized spacial score (nSPS) is 19.6. The maximum atomic E-state index is 13.2. The van der Waals surface area contributed by atoms with E-state index < -0.39 is 5.82 Å². The van der Waals surface area contributed by atoms with Crippen molar-refractivity contribution in [1.29, 1.82) is 0 Å². The van der Waals surface area contributed by atoms with Crippen LogP contribution < -0.4 is 10.6 Å². The molecule has 1 aromatic heterocycles. The van der Waals surface area contributed by atoms with Crippen molar-refractivity contribution < 1.29 is 9.18 Å².